The van der Waals surface area contributed by atoms with E-state index in [2.05, 4.69) is 57.9 Å². The highest BCUT2D eigenvalue weighted by Gasteiger charge is 2.14. The number of H-pyrrole nitrogens is 1. The van der Waals surface area contributed by atoms with E-state index in [9.17, 15) is 4.79 Å². The highest BCUT2D eigenvalue weighted by Crippen LogP contribution is 2.28. The molecule has 0 unspecified atom stereocenters. The molecule has 0 saturated heterocycles. The lowest BCUT2D eigenvalue weighted by Gasteiger charge is -2.14. The number of rotatable bonds is 5. The molecule has 3 aromatic rings. The maximum absolute atomic E-state index is 12.7. The third-order valence-electron chi connectivity index (χ3n) is 4.30. The van der Waals surface area contributed by atoms with Crippen LogP contribution in [0.4, 0.5) is 5.69 Å². The fraction of sp³-hybridized carbons (Fsp3) is 0.273. The molecule has 27 heavy (non-hydrogen) atoms. The van der Waals surface area contributed by atoms with Gasteiger partial charge in [0.25, 0.3) is 5.91 Å². The third kappa shape index (κ3) is 4.97. The van der Waals surface area contributed by atoms with Gasteiger partial charge in [-0.1, -0.05) is 43.7 Å². The van der Waals surface area contributed by atoms with Gasteiger partial charge in [0.05, 0.1) is 18.6 Å². The van der Waals surface area contributed by atoms with Crippen molar-refractivity contribution in [3.05, 3.63) is 71.3 Å². The summed E-state index contributed by atoms with van der Waals surface area (Å²) >= 11 is 0. The molecule has 5 heteroatoms. The minimum atomic E-state index is -0.0995. The van der Waals surface area contributed by atoms with Crippen LogP contribution in [-0.4, -0.2) is 22.9 Å². The lowest BCUT2D eigenvalue weighted by molar-refractivity contribution is 0.0950. The molecule has 0 fully saturated rings. The van der Waals surface area contributed by atoms with Crippen LogP contribution in [0.15, 0.2) is 48.9 Å². The molecule has 5 nitrogen and oxygen atoms in total. The van der Waals surface area contributed by atoms with Crippen LogP contribution in [0.3, 0.4) is 0 Å². The number of aromatic amines is 1. The second-order valence-corrected chi connectivity index (χ2v) is 6.07. The van der Waals surface area contributed by atoms with Gasteiger partial charge in [-0.25, -0.2) is 4.98 Å². The number of aromatic nitrogens is 2. The van der Waals surface area contributed by atoms with E-state index in [0.717, 1.165) is 28.1 Å². The number of nitrogens with zero attached hydrogens (tertiary/aromatic N) is 1. The van der Waals surface area contributed by atoms with Crippen molar-refractivity contribution < 1.29 is 4.79 Å². The van der Waals surface area contributed by atoms with Crippen LogP contribution in [0.25, 0.3) is 11.1 Å². The number of carbonyl (C=O) groups is 1. The van der Waals surface area contributed by atoms with Crippen molar-refractivity contribution in [1.29, 1.82) is 0 Å². The molecule has 2 aromatic carbocycles. The number of aryl methyl sites for hydroxylation is 1. The second kappa shape index (κ2) is 9.57. The molecule has 0 atom stereocenters. The Morgan fingerprint density at radius 1 is 1.07 bits per heavy atom. The first-order valence-electron chi connectivity index (χ1n) is 9.23. The third-order valence-corrected chi connectivity index (χ3v) is 4.30. The number of carbonyl (C=O) groups excluding carboxylic acids is 1. The fourth-order valence-electron chi connectivity index (χ4n) is 2.77. The number of nitrogens with one attached hydrogen (secondary N) is 3. The van der Waals surface area contributed by atoms with E-state index in [4.69, 9.17) is 0 Å². The Morgan fingerprint density at radius 2 is 1.78 bits per heavy atom. The molecular formula is C22H28N4O. The lowest BCUT2D eigenvalue weighted by atomic mass is 9.97. The van der Waals surface area contributed by atoms with Crippen LogP contribution in [-0.2, 0) is 6.54 Å². The van der Waals surface area contributed by atoms with Gasteiger partial charge in [-0.2, -0.15) is 0 Å². The SMILES string of the molecule is CC.CNc1cc(-c2ccc(C)cc2)cc(C(=O)NCc2cnc[nH]2)c1C. The Kier molecular flexibility index (Phi) is 7.17. The lowest BCUT2D eigenvalue weighted by Crippen LogP contribution is -2.24. The quantitative estimate of drug-likeness (QED) is 0.615. The smallest absolute Gasteiger partial charge is 0.251 e. The molecule has 142 valence electrons. The minimum absolute atomic E-state index is 0.0995. The average Bonchev–Trinajstić information content (AvgIpc) is 3.22. The van der Waals surface area contributed by atoms with E-state index in [1.54, 1.807) is 12.5 Å². The maximum Gasteiger partial charge on any atom is 0.251 e. The normalized spacial score (nSPS) is 9.96. The zero-order valence-electron chi connectivity index (χ0n) is 16.7. The van der Waals surface area contributed by atoms with Gasteiger partial charge < -0.3 is 15.6 Å². The maximum atomic E-state index is 12.7. The summed E-state index contributed by atoms with van der Waals surface area (Å²) in [7, 11) is 1.87. The molecule has 1 amide bonds. The minimum Gasteiger partial charge on any atom is -0.388 e. The Balaban J connectivity index is 0.00000126. The van der Waals surface area contributed by atoms with Crippen molar-refractivity contribution in [3.63, 3.8) is 0 Å². The summed E-state index contributed by atoms with van der Waals surface area (Å²) in [6.45, 7) is 8.43. The molecule has 1 heterocycles. The van der Waals surface area contributed by atoms with Crippen LogP contribution in [0.5, 0.6) is 0 Å². The first-order valence-corrected chi connectivity index (χ1v) is 9.23. The largest absolute Gasteiger partial charge is 0.388 e. The standard InChI is InChI=1S/C20H22N4O.C2H6/c1-13-4-6-15(7-5-13)16-8-18(14(2)19(9-16)21-3)20(25)23-11-17-10-22-12-24-17;1-2/h4-10,12,21H,11H2,1-3H3,(H,22,24)(H,23,25);1-2H3. The van der Waals surface area contributed by atoms with Gasteiger partial charge in [0.15, 0.2) is 0 Å². The Bertz CT molecular complexity index is 868. The van der Waals surface area contributed by atoms with Crippen LogP contribution in [0, 0.1) is 13.8 Å². The molecule has 0 aliphatic carbocycles. The summed E-state index contributed by atoms with van der Waals surface area (Å²) in [5, 5.41) is 6.13. The Morgan fingerprint density at radius 3 is 2.37 bits per heavy atom. The number of amides is 1. The summed E-state index contributed by atoms with van der Waals surface area (Å²) in [5.74, 6) is -0.0995. The monoisotopic (exact) mass is 364 g/mol. The van der Waals surface area contributed by atoms with Crippen LogP contribution < -0.4 is 10.6 Å². The van der Waals surface area contributed by atoms with Crippen molar-refractivity contribution in [2.75, 3.05) is 12.4 Å². The highest BCUT2D eigenvalue weighted by atomic mass is 16.1. The topological polar surface area (TPSA) is 69.8 Å². The fourth-order valence-corrected chi connectivity index (χ4v) is 2.77. The first-order chi connectivity index (χ1) is 13.1. The first kappa shape index (κ1) is 20.2. The second-order valence-electron chi connectivity index (χ2n) is 6.07. The molecule has 0 bridgehead atoms. The summed E-state index contributed by atoms with van der Waals surface area (Å²) in [4.78, 5) is 19.6. The van der Waals surface area contributed by atoms with E-state index in [1.807, 2.05) is 33.9 Å². The average molecular weight is 364 g/mol. The van der Waals surface area contributed by atoms with Crippen molar-refractivity contribution in [2.45, 2.75) is 34.2 Å². The molecule has 0 aliphatic rings. The number of hydrogen-bond acceptors (Lipinski definition) is 3. The van der Waals surface area contributed by atoms with Gasteiger partial charge in [0.1, 0.15) is 0 Å². The van der Waals surface area contributed by atoms with Gasteiger partial charge in [0, 0.05) is 24.5 Å². The zero-order valence-corrected chi connectivity index (χ0v) is 16.7. The molecule has 0 radical (unpaired) electrons. The van der Waals surface area contributed by atoms with Crippen molar-refractivity contribution in [3.8, 4) is 11.1 Å². The van der Waals surface area contributed by atoms with Crippen molar-refractivity contribution >= 4 is 11.6 Å². The van der Waals surface area contributed by atoms with Crippen LogP contribution >= 0.6 is 0 Å². The zero-order chi connectivity index (χ0) is 19.8. The Labute approximate surface area is 161 Å². The summed E-state index contributed by atoms with van der Waals surface area (Å²) < 4.78 is 0. The van der Waals surface area contributed by atoms with Gasteiger partial charge in [0.2, 0.25) is 0 Å². The van der Waals surface area contributed by atoms with E-state index in [0.29, 0.717) is 12.1 Å². The van der Waals surface area contributed by atoms with E-state index < -0.39 is 0 Å². The number of imidazole rings is 1. The molecule has 1 aromatic heterocycles. The van der Waals surface area contributed by atoms with Crippen molar-refractivity contribution in [2.24, 2.45) is 0 Å². The molecule has 0 aliphatic heterocycles. The highest BCUT2D eigenvalue weighted by molar-refractivity contribution is 5.98. The van der Waals surface area contributed by atoms with Gasteiger partial charge in [-0.15, -0.1) is 0 Å². The summed E-state index contributed by atoms with van der Waals surface area (Å²) in [5.41, 5.74) is 6.73. The van der Waals surface area contributed by atoms with Crippen LogP contribution in [0.2, 0.25) is 0 Å². The molecule has 0 saturated carbocycles. The number of benzene rings is 2. The van der Waals surface area contributed by atoms with E-state index in [-0.39, 0.29) is 5.91 Å². The van der Waals surface area contributed by atoms with Gasteiger partial charge in [-0.05, 0) is 42.7 Å². The van der Waals surface area contributed by atoms with Crippen molar-refractivity contribution in [1.82, 2.24) is 15.3 Å². The van der Waals surface area contributed by atoms with Gasteiger partial charge >= 0.3 is 0 Å². The molecule has 3 rings (SSSR count). The summed E-state index contributed by atoms with van der Waals surface area (Å²) in [6, 6.07) is 12.3. The predicted octanol–water partition coefficient (Wildman–Crippen LogP) is 4.69. The number of hydrogen-bond donors (Lipinski definition) is 3. The van der Waals surface area contributed by atoms with E-state index >= 15 is 0 Å². The predicted molar refractivity (Wildman–Crippen MR) is 112 cm³/mol. The molecule has 0 spiro atoms. The summed E-state index contributed by atoms with van der Waals surface area (Å²) in [6.07, 6.45) is 3.30. The van der Waals surface area contributed by atoms with Gasteiger partial charge in [-0.3, -0.25) is 4.79 Å². The molecular weight excluding hydrogens is 336 g/mol. The number of anilines is 1. The van der Waals surface area contributed by atoms with E-state index in [1.165, 1.54) is 5.56 Å². The van der Waals surface area contributed by atoms with Crippen LogP contribution in [0.1, 0.15) is 41.0 Å². The Hall–Kier alpha value is -3.08. The molecule has 3 N–H and O–H groups in total.